The monoisotopic (exact) mass is 474 g/mol. The summed E-state index contributed by atoms with van der Waals surface area (Å²) < 4.78 is 9.06. The zero-order chi connectivity index (χ0) is 24.1. The number of furan rings is 2. The molecule has 3 heteroatoms. The Balaban J connectivity index is 1.39. The molecule has 4 heterocycles. The maximum absolute atomic E-state index is 6.65. The normalized spacial score (nSPS) is 15.6. The van der Waals surface area contributed by atoms with E-state index < -0.39 is 0 Å². The number of aromatic nitrogens is 2. The number of nitrogens with zero attached hydrogens (tertiary/aromatic N) is 1. The van der Waals surface area contributed by atoms with Crippen LogP contribution in [0, 0.1) is 0 Å². The molecule has 3 nitrogen and oxygen atoms in total. The Bertz CT molecular complexity index is 2160. The smallest absolute Gasteiger partial charge is 0.160 e. The molecule has 0 amide bonds. The van der Waals surface area contributed by atoms with Gasteiger partial charge in [-0.05, 0) is 54.0 Å². The first-order valence-corrected chi connectivity index (χ1v) is 12.9. The summed E-state index contributed by atoms with van der Waals surface area (Å²) in [6.45, 7) is 0. The van der Waals surface area contributed by atoms with Gasteiger partial charge in [-0.2, -0.15) is 0 Å². The van der Waals surface area contributed by atoms with Crippen LogP contribution in [0.3, 0.4) is 0 Å². The highest BCUT2D eigenvalue weighted by Crippen LogP contribution is 2.49. The van der Waals surface area contributed by atoms with Crippen LogP contribution in [0.5, 0.6) is 0 Å². The second-order valence-corrected chi connectivity index (χ2v) is 10.2. The average molecular weight is 475 g/mol. The number of rotatable bonds is 2. The van der Waals surface area contributed by atoms with E-state index in [2.05, 4.69) is 119 Å². The molecule has 2 bridgehead atoms. The SMILES string of the molecule is C1=CC(c2ccccc2)Cc2c1n(-c1ccccc1)c1c3oc(c4cc5c(cc43)[nH]c3ccccc35)c21. The van der Waals surface area contributed by atoms with E-state index in [0.717, 1.165) is 23.1 Å². The Hall–Kier alpha value is -4.76. The van der Waals surface area contributed by atoms with Crippen molar-refractivity contribution in [2.24, 2.45) is 0 Å². The summed E-state index contributed by atoms with van der Waals surface area (Å²) in [6.07, 6.45) is 5.65. The van der Waals surface area contributed by atoms with Crippen LogP contribution in [0.4, 0.5) is 0 Å². The number of hydrogen-bond donors (Lipinski definition) is 1. The highest BCUT2D eigenvalue weighted by Gasteiger charge is 2.31. The van der Waals surface area contributed by atoms with Crippen LogP contribution in [-0.2, 0) is 6.42 Å². The Morgan fingerprint density at radius 2 is 1.46 bits per heavy atom. The molecule has 0 saturated heterocycles. The number of allylic oxidation sites excluding steroid dienone is 1. The minimum absolute atomic E-state index is 0.352. The average Bonchev–Trinajstić information content (AvgIpc) is 3.70. The molecule has 0 radical (unpaired) electrons. The molecule has 174 valence electrons. The first-order chi connectivity index (χ1) is 18.3. The van der Waals surface area contributed by atoms with E-state index in [1.54, 1.807) is 0 Å². The molecule has 8 aromatic rings. The van der Waals surface area contributed by atoms with Crippen LogP contribution in [0.1, 0.15) is 22.7 Å². The standard InChI is InChI=1S/C34H22N2O/c1-3-9-20(10-4-1)21-15-16-30-27(17-21)31-32(36(30)22-11-5-2-6-12-22)34-26-19-29-24(18-25(26)33(31)37-34)23-13-7-8-14-28(23)35-29/h1-16,18-19,21,35H,17H2. The summed E-state index contributed by atoms with van der Waals surface area (Å²) in [7, 11) is 0. The number of benzene rings is 5. The minimum atomic E-state index is 0.352. The van der Waals surface area contributed by atoms with E-state index >= 15 is 0 Å². The van der Waals surface area contributed by atoms with Crippen LogP contribution >= 0.6 is 0 Å². The molecule has 0 saturated carbocycles. The Morgan fingerprint density at radius 1 is 0.703 bits per heavy atom. The molecule has 37 heavy (non-hydrogen) atoms. The fourth-order valence-corrected chi connectivity index (χ4v) is 6.60. The lowest BCUT2D eigenvalue weighted by Crippen LogP contribution is -2.07. The van der Waals surface area contributed by atoms with Gasteiger partial charge in [0.05, 0.1) is 11.1 Å². The number of para-hydroxylation sites is 2. The van der Waals surface area contributed by atoms with Gasteiger partial charge in [-0.3, -0.25) is 0 Å². The molecule has 1 N–H and O–H groups in total. The van der Waals surface area contributed by atoms with Gasteiger partial charge in [0.25, 0.3) is 0 Å². The lowest BCUT2D eigenvalue weighted by molar-refractivity contribution is 0.679. The summed E-state index contributed by atoms with van der Waals surface area (Å²) in [5, 5.41) is 6.16. The molecule has 9 rings (SSSR count). The zero-order valence-corrected chi connectivity index (χ0v) is 20.0. The highest BCUT2D eigenvalue weighted by atomic mass is 16.3. The van der Waals surface area contributed by atoms with Gasteiger partial charge in [-0.15, -0.1) is 0 Å². The second-order valence-electron chi connectivity index (χ2n) is 10.2. The quantitative estimate of drug-likeness (QED) is 0.266. The zero-order valence-electron chi connectivity index (χ0n) is 20.0. The van der Waals surface area contributed by atoms with Crippen molar-refractivity contribution >= 4 is 60.7 Å². The van der Waals surface area contributed by atoms with Gasteiger partial charge in [0.1, 0.15) is 11.1 Å². The van der Waals surface area contributed by atoms with Gasteiger partial charge in [-0.1, -0.05) is 72.8 Å². The van der Waals surface area contributed by atoms with E-state index in [0.29, 0.717) is 5.92 Å². The number of aromatic amines is 1. The van der Waals surface area contributed by atoms with Crippen molar-refractivity contribution in [1.82, 2.24) is 9.55 Å². The van der Waals surface area contributed by atoms with Crippen LogP contribution in [-0.4, -0.2) is 9.55 Å². The van der Waals surface area contributed by atoms with Gasteiger partial charge in [-0.25, -0.2) is 0 Å². The molecular formula is C34H22N2O. The van der Waals surface area contributed by atoms with Gasteiger partial charge in [0, 0.05) is 44.2 Å². The second kappa shape index (κ2) is 6.92. The third kappa shape index (κ3) is 2.51. The predicted octanol–water partition coefficient (Wildman–Crippen LogP) is 8.96. The highest BCUT2D eigenvalue weighted by molar-refractivity contribution is 6.29. The molecular weight excluding hydrogens is 452 g/mol. The topological polar surface area (TPSA) is 33.9 Å². The third-order valence-corrected chi connectivity index (χ3v) is 8.24. The van der Waals surface area contributed by atoms with Crippen molar-refractivity contribution in [2.75, 3.05) is 0 Å². The summed E-state index contributed by atoms with van der Waals surface area (Å²) in [5.74, 6) is 0.352. The van der Waals surface area contributed by atoms with E-state index in [4.69, 9.17) is 4.42 Å². The van der Waals surface area contributed by atoms with Gasteiger partial charge < -0.3 is 14.0 Å². The fraction of sp³-hybridized carbons (Fsp3) is 0.0588. The summed E-state index contributed by atoms with van der Waals surface area (Å²) in [6, 6.07) is 34.7. The van der Waals surface area contributed by atoms with Crippen LogP contribution < -0.4 is 0 Å². The van der Waals surface area contributed by atoms with Crippen molar-refractivity contribution in [3.05, 3.63) is 120 Å². The molecule has 0 spiro atoms. The third-order valence-electron chi connectivity index (χ3n) is 8.24. The molecule has 4 aromatic heterocycles. The van der Waals surface area contributed by atoms with E-state index in [9.17, 15) is 0 Å². The number of hydrogen-bond acceptors (Lipinski definition) is 1. The van der Waals surface area contributed by atoms with Crippen LogP contribution in [0.15, 0.2) is 108 Å². The fourth-order valence-electron chi connectivity index (χ4n) is 6.60. The van der Waals surface area contributed by atoms with E-state index in [1.165, 1.54) is 60.5 Å². The molecule has 4 aromatic carbocycles. The number of nitrogens with one attached hydrogen (secondary N) is 1. The predicted molar refractivity (Wildman–Crippen MR) is 153 cm³/mol. The summed E-state index contributed by atoms with van der Waals surface area (Å²) >= 11 is 0. The van der Waals surface area contributed by atoms with Gasteiger partial charge in [0.15, 0.2) is 5.58 Å². The first kappa shape index (κ1) is 19.4. The molecule has 1 atom stereocenters. The lowest BCUT2D eigenvalue weighted by atomic mass is 9.86. The molecule has 0 aliphatic heterocycles. The summed E-state index contributed by atoms with van der Waals surface area (Å²) in [4.78, 5) is 3.61. The Labute approximate surface area is 212 Å². The van der Waals surface area contributed by atoms with Crippen molar-refractivity contribution < 1.29 is 4.42 Å². The maximum Gasteiger partial charge on any atom is 0.160 e. The van der Waals surface area contributed by atoms with Crippen molar-refractivity contribution in [2.45, 2.75) is 12.3 Å². The van der Waals surface area contributed by atoms with E-state index in [-0.39, 0.29) is 0 Å². The van der Waals surface area contributed by atoms with Gasteiger partial charge in [0.2, 0.25) is 0 Å². The first-order valence-electron chi connectivity index (χ1n) is 12.9. The van der Waals surface area contributed by atoms with Crippen molar-refractivity contribution in [1.29, 1.82) is 0 Å². The number of H-pyrrole nitrogens is 1. The number of fused-ring (bicyclic) bond motifs is 13. The largest absolute Gasteiger partial charge is 0.453 e. The molecule has 1 unspecified atom stereocenters. The van der Waals surface area contributed by atoms with Gasteiger partial charge >= 0.3 is 0 Å². The van der Waals surface area contributed by atoms with Crippen molar-refractivity contribution in [3.8, 4) is 5.69 Å². The summed E-state index contributed by atoms with van der Waals surface area (Å²) in [5.41, 5.74) is 10.7. The Morgan fingerprint density at radius 3 is 2.32 bits per heavy atom. The Kier molecular flexibility index (Phi) is 3.64. The molecule has 1 aliphatic rings. The van der Waals surface area contributed by atoms with Crippen molar-refractivity contribution in [3.63, 3.8) is 0 Å². The van der Waals surface area contributed by atoms with Crippen LogP contribution in [0.2, 0.25) is 0 Å². The lowest BCUT2D eigenvalue weighted by Gasteiger charge is -2.19. The molecule has 0 fully saturated rings. The molecule has 1 aliphatic carbocycles. The van der Waals surface area contributed by atoms with E-state index in [1.807, 2.05) is 0 Å². The van der Waals surface area contributed by atoms with Crippen LogP contribution in [0.25, 0.3) is 66.4 Å². The minimum Gasteiger partial charge on any atom is -0.453 e. The maximum atomic E-state index is 6.65.